The Hall–Kier alpha value is -0.410. The van der Waals surface area contributed by atoms with Crippen LogP contribution in [0.25, 0.3) is 0 Å². The van der Waals surface area contributed by atoms with Crippen molar-refractivity contribution >= 4 is 5.78 Å². The van der Waals surface area contributed by atoms with Crippen molar-refractivity contribution in [2.45, 2.75) is 19.9 Å². The lowest BCUT2D eigenvalue weighted by molar-refractivity contribution is -0.122. The monoisotopic (exact) mass is 156 g/mol. The van der Waals surface area contributed by atoms with Crippen LogP contribution in [0.4, 0.5) is 0 Å². The summed E-state index contributed by atoms with van der Waals surface area (Å²) < 4.78 is 0. The van der Waals surface area contributed by atoms with E-state index in [1.807, 2.05) is 0 Å². The first kappa shape index (κ1) is 8.68. The Balaban J connectivity index is 2.51. The molecule has 1 aliphatic heterocycles. The van der Waals surface area contributed by atoms with Crippen molar-refractivity contribution in [3.05, 3.63) is 0 Å². The van der Waals surface area contributed by atoms with Crippen LogP contribution in [0.15, 0.2) is 0 Å². The summed E-state index contributed by atoms with van der Waals surface area (Å²) in [4.78, 5) is 13.3. The largest absolute Gasteiger partial charge is 0.313 e. The fraction of sp³-hybridized carbons (Fsp3) is 0.875. The third-order valence-electron chi connectivity index (χ3n) is 2.23. The van der Waals surface area contributed by atoms with E-state index in [1.54, 1.807) is 6.92 Å². The number of Topliss-reactive ketones (excluding diaryl/α,β-unsaturated/α-hetero) is 1. The highest BCUT2D eigenvalue weighted by Gasteiger charge is 2.23. The molecule has 0 aliphatic carbocycles. The van der Waals surface area contributed by atoms with Gasteiger partial charge in [-0.25, -0.2) is 0 Å². The van der Waals surface area contributed by atoms with Crippen molar-refractivity contribution in [3.63, 3.8) is 0 Å². The molecule has 0 amide bonds. The van der Waals surface area contributed by atoms with E-state index in [0.717, 1.165) is 26.2 Å². The predicted molar refractivity (Wildman–Crippen MR) is 44.6 cm³/mol. The minimum absolute atomic E-state index is 0.119. The molecule has 3 heteroatoms. The van der Waals surface area contributed by atoms with E-state index in [-0.39, 0.29) is 11.8 Å². The average molecular weight is 156 g/mol. The first-order chi connectivity index (χ1) is 5.25. The molecular formula is C8H16N2O. The zero-order chi connectivity index (χ0) is 8.27. The number of nitrogens with one attached hydrogen (secondary N) is 1. The number of piperazine rings is 1. The van der Waals surface area contributed by atoms with Gasteiger partial charge in [-0.3, -0.25) is 9.69 Å². The van der Waals surface area contributed by atoms with Gasteiger partial charge in [-0.15, -0.1) is 0 Å². The number of hydrogen-bond acceptors (Lipinski definition) is 3. The van der Waals surface area contributed by atoms with Crippen LogP contribution >= 0.6 is 0 Å². The Morgan fingerprint density at radius 1 is 1.73 bits per heavy atom. The fourth-order valence-electron chi connectivity index (χ4n) is 1.53. The molecule has 1 rings (SSSR count). The Morgan fingerprint density at radius 2 is 2.45 bits per heavy atom. The molecule has 1 heterocycles. The molecule has 1 aliphatic rings. The number of carbonyl (C=O) groups is 1. The van der Waals surface area contributed by atoms with E-state index in [0.29, 0.717) is 0 Å². The molecule has 1 unspecified atom stereocenters. The van der Waals surface area contributed by atoms with Crippen LogP contribution in [-0.4, -0.2) is 42.9 Å². The average Bonchev–Trinajstić information content (AvgIpc) is 2.04. The van der Waals surface area contributed by atoms with Crippen molar-refractivity contribution in [1.29, 1.82) is 0 Å². The van der Waals surface area contributed by atoms with Crippen LogP contribution in [0.2, 0.25) is 0 Å². The van der Waals surface area contributed by atoms with E-state index >= 15 is 0 Å². The van der Waals surface area contributed by atoms with Gasteiger partial charge in [-0.05, 0) is 13.5 Å². The molecule has 0 radical (unpaired) electrons. The lowest BCUT2D eigenvalue weighted by Crippen LogP contribution is -2.54. The summed E-state index contributed by atoms with van der Waals surface area (Å²) in [7, 11) is 0. The Bertz CT molecular complexity index is 147. The highest BCUT2D eigenvalue weighted by atomic mass is 16.1. The molecule has 0 spiro atoms. The molecule has 0 aromatic heterocycles. The standard InChI is InChI=1S/C8H16N2O/c1-3-10-5-4-9-6-8(10)7(2)11/h8-9H,3-6H2,1-2H3. The first-order valence-electron chi connectivity index (χ1n) is 4.21. The number of likely N-dealkylation sites (N-methyl/N-ethyl adjacent to an activating group) is 1. The predicted octanol–water partition coefficient (Wildman–Crippen LogP) is -0.131. The second-order valence-electron chi connectivity index (χ2n) is 2.96. The lowest BCUT2D eigenvalue weighted by atomic mass is 10.1. The van der Waals surface area contributed by atoms with Gasteiger partial charge in [0.25, 0.3) is 0 Å². The second-order valence-corrected chi connectivity index (χ2v) is 2.96. The number of ketones is 1. The zero-order valence-corrected chi connectivity index (χ0v) is 7.26. The van der Waals surface area contributed by atoms with Gasteiger partial charge in [-0.1, -0.05) is 6.92 Å². The van der Waals surface area contributed by atoms with Crippen LogP contribution in [-0.2, 0) is 4.79 Å². The smallest absolute Gasteiger partial charge is 0.148 e. The highest BCUT2D eigenvalue weighted by molar-refractivity contribution is 5.81. The van der Waals surface area contributed by atoms with Crippen LogP contribution in [0, 0.1) is 0 Å². The molecule has 0 aromatic carbocycles. The van der Waals surface area contributed by atoms with E-state index < -0.39 is 0 Å². The second kappa shape index (κ2) is 3.83. The van der Waals surface area contributed by atoms with Gasteiger partial charge in [0, 0.05) is 19.6 Å². The number of nitrogens with zero attached hydrogens (tertiary/aromatic N) is 1. The third kappa shape index (κ3) is 2.01. The maximum absolute atomic E-state index is 11.1. The van der Waals surface area contributed by atoms with Gasteiger partial charge < -0.3 is 5.32 Å². The summed E-state index contributed by atoms with van der Waals surface area (Å²) in [5.74, 6) is 0.277. The highest BCUT2D eigenvalue weighted by Crippen LogP contribution is 2.02. The minimum Gasteiger partial charge on any atom is -0.313 e. The van der Waals surface area contributed by atoms with E-state index in [1.165, 1.54) is 0 Å². The summed E-state index contributed by atoms with van der Waals surface area (Å²) >= 11 is 0. The number of rotatable bonds is 2. The van der Waals surface area contributed by atoms with Gasteiger partial charge in [0.15, 0.2) is 0 Å². The molecule has 64 valence electrons. The molecule has 0 saturated carbocycles. The van der Waals surface area contributed by atoms with Crippen molar-refractivity contribution in [3.8, 4) is 0 Å². The van der Waals surface area contributed by atoms with Gasteiger partial charge in [0.2, 0.25) is 0 Å². The summed E-state index contributed by atoms with van der Waals surface area (Å²) in [6.07, 6.45) is 0. The quantitative estimate of drug-likeness (QED) is 0.604. The molecule has 1 atom stereocenters. The van der Waals surface area contributed by atoms with E-state index in [2.05, 4.69) is 17.1 Å². The normalized spacial score (nSPS) is 26.9. The molecule has 0 aromatic rings. The Morgan fingerprint density at radius 3 is 2.91 bits per heavy atom. The molecule has 11 heavy (non-hydrogen) atoms. The molecule has 1 fully saturated rings. The van der Waals surface area contributed by atoms with E-state index in [4.69, 9.17) is 0 Å². The van der Waals surface area contributed by atoms with E-state index in [9.17, 15) is 4.79 Å². The van der Waals surface area contributed by atoms with Crippen molar-refractivity contribution in [2.24, 2.45) is 0 Å². The maximum Gasteiger partial charge on any atom is 0.148 e. The summed E-state index contributed by atoms with van der Waals surface area (Å²) in [6.45, 7) is 7.58. The molecule has 3 nitrogen and oxygen atoms in total. The molecule has 1 saturated heterocycles. The fourth-order valence-corrected chi connectivity index (χ4v) is 1.53. The number of carbonyl (C=O) groups excluding carboxylic acids is 1. The van der Waals surface area contributed by atoms with Gasteiger partial charge in [0.05, 0.1) is 6.04 Å². The third-order valence-corrected chi connectivity index (χ3v) is 2.23. The van der Waals surface area contributed by atoms with Crippen molar-refractivity contribution in [2.75, 3.05) is 26.2 Å². The van der Waals surface area contributed by atoms with Gasteiger partial charge >= 0.3 is 0 Å². The molecule has 1 N–H and O–H groups in total. The SMILES string of the molecule is CCN1CCNCC1C(C)=O. The van der Waals surface area contributed by atoms with Crippen LogP contribution in [0.1, 0.15) is 13.8 Å². The first-order valence-corrected chi connectivity index (χ1v) is 4.21. The zero-order valence-electron chi connectivity index (χ0n) is 7.26. The Kier molecular flexibility index (Phi) is 3.02. The molecule has 0 bridgehead atoms. The summed E-state index contributed by atoms with van der Waals surface area (Å²) in [5.41, 5.74) is 0. The number of hydrogen-bond donors (Lipinski definition) is 1. The van der Waals surface area contributed by atoms with Crippen LogP contribution in [0.5, 0.6) is 0 Å². The summed E-state index contributed by atoms with van der Waals surface area (Å²) in [5, 5.41) is 3.22. The van der Waals surface area contributed by atoms with Crippen LogP contribution < -0.4 is 5.32 Å². The molecular weight excluding hydrogens is 140 g/mol. The Labute approximate surface area is 67.8 Å². The van der Waals surface area contributed by atoms with Crippen molar-refractivity contribution < 1.29 is 4.79 Å². The maximum atomic E-state index is 11.1. The van der Waals surface area contributed by atoms with Crippen molar-refractivity contribution in [1.82, 2.24) is 10.2 Å². The summed E-state index contributed by atoms with van der Waals surface area (Å²) in [6, 6.07) is 0.119. The van der Waals surface area contributed by atoms with Gasteiger partial charge in [-0.2, -0.15) is 0 Å². The van der Waals surface area contributed by atoms with Gasteiger partial charge in [0.1, 0.15) is 5.78 Å². The lowest BCUT2D eigenvalue weighted by Gasteiger charge is -2.33. The van der Waals surface area contributed by atoms with Crippen LogP contribution in [0.3, 0.4) is 0 Å². The topological polar surface area (TPSA) is 32.3 Å². The minimum atomic E-state index is 0.119.